The van der Waals surface area contributed by atoms with Gasteiger partial charge in [-0.2, -0.15) is 0 Å². The summed E-state index contributed by atoms with van der Waals surface area (Å²) in [5.41, 5.74) is 0.163. The summed E-state index contributed by atoms with van der Waals surface area (Å²) in [6.07, 6.45) is -0.201. The van der Waals surface area contributed by atoms with Crippen molar-refractivity contribution in [2.75, 3.05) is 0 Å². The SMILES string of the molecule is Cc1sc(C(=O)OC(C)C)cc1C(=O)O. The molecule has 5 heteroatoms. The minimum Gasteiger partial charge on any atom is -0.478 e. The predicted octanol–water partition coefficient (Wildman–Crippen LogP) is 2.32. The molecule has 0 saturated heterocycles. The molecule has 0 saturated carbocycles. The summed E-state index contributed by atoms with van der Waals surface area (Å²) >= 11 is 1.14. The predicted molar refractivity (Wildman–Crippen MR) is 56.6 cm³/mol. The van der Waals surface area contributed by atoms with E-state index in [4.69, 9.17) is 9.84 Å². The van der Waals surface area contributed by atoms with Crippen LogP contribution in [-0.2, 0) is 4.74 Å². The van der Waals surface area contributed by atoms with Crippen LogP contribution in [0.15, 0.2) is 6.07 Å². The Morgan fingerprint density at radius 1 is 1.47 bits per heavy atom. The summed E-state index contributed by atoms with van der Waals surface area (Å²) in [6, 6.07) is 1.35. The minimum atomic E-state index is -1.02. The van der Waals surface area contributed by atoms with Gasteiger partial charge in [0.25, 0.3) is 0 Å². The number of aryl methyl sites for hydroxylation is 1. The molecule has 0 aliphatic heterocycles. The number of carbonyl (C=O) groups is 2. The quantitative estimate of drug-likeness (QED) is 0.806. The Kier molecular flexibility index (Phi) is 3.47. The van der Waals surface area contributed by atoms with Crippen LogP contribution in [0.3, 0.4) is 0 Å². The standard InChI is InChI=1S/C10H12O4S/c1-5(2)14-10(13)8-4-7(9(11)12)6(3)15-8/h4-5H,1-3H3,(H,11,12). The van der Waals surface area contributed by atoms with E-state index in [1.54, 1.807) is 20.8 Å². The van der Waals surface area contributed by atoms with E-state index in [2.05, 4.69) is 0 Å². The van der Waals surface area contributed by atoms with E-state index in [0.717, 1.165) is 11.3 Å². The number of rotatable bonds is 3. The van der Waals surface area contributed by atoms with Crippen LogP contribution in [0.5, 0.6) is 0 Å². The number of esters is 1. The zero-order valence-corrected chi connectivity index (χ0v) is 9.55. The molecule has 0 bridgehead atoms. The van der Waals surface area contributed by atoms with Crippen molar-refractivity contribution < 1.29 is 19.4 Å². The Balaban J connectivity index is 2.92. The average Bonchev–Trinajstić information content (AvgIpc) is 2.46. The van der Waals surface area contributed by atoms with E-state index in [-0.39, 0.29) is 11.7 Å². The lowest BCUT2D eigenvalue weighted by atomic mass is 10.2. The highest BCUT2D eigenvalue weighted by Crippen LogP contribution is 2.22. The molecule has 0 spiro atoms. The van der Waals surface area contributed by atoms with E-state index in [1.165, 1.54) is 6.07 Å². The number of aromatic carboxylic acids is 1. The number of hydrogen-bond acceptors (Lipinski definition) is 4. The van der Waals surface area contributed by atoms with Crippen LogP contribution in [0.25, 0.3) is 0 Å². The van der Waals surface area contributed by atoms with Gasteiger partial charge in [-0.3, -0.25) is 0 Å². The van der Waals surface area contributed by atoms with Crippen molar-refractivity contribution in [1.29, 1.82) is 0 Å². The molecule has 4 nitrogen and oxygen atoms in total. The summed E-state index contributed by atoms with van der Waals surface area (Å²) < 4.78 is 4.96. The van der Waals surface area contributed by atoms with E-state index in [0.29, 0.717) is 9.75 Å². The maximum atomic E-state index is 11.4. The number of hydrogen-bond donors (Lipinski definition) is 1. The molecule has 0 unspecified atom stereocenters. The van der Waals surface area contributed by atoms with Crippen LogP contribution in [0.2, 0.25) is 0 Å². The minimum absolute atomic E-state index is 0.163. The molecule has 0 atom stereocenters. The van der Waals surface area contributed by atoms with Gasteiger partial charge in [-0.15, -0.1) is 11.3 Å². The summed E-state index contributed by atoms with van der Waals surface area (Å²) in [5, 5.41) is 8.80. The Morgan fingerprint density at radius 2 is 2.07 bits per heavy atom. The molecule has 0 aliphatic carbocycles. The second-order valence-electron chi connectivity index (χ2n) is 3.34. The molecule has 15 heavy (non-hydrogen) atoms. The third-order valence-corrected chi connectivity index (χ3v) is 2.72. The van der Waals surface area contributed by atoms with Crippen molar-refractivity contribution in [3.63, 3.8) is 0 Å². The van der Waals surface area contributed by atoms with Gasteiger partial charge in [-0.1, -0.05) is 0 Å². The molecular weight excluding hydrogens is 216 g/mol. The van der Waals surface area contributed by atoms with Crippen LogP contribution in [0, 0.1) is 6.92 Å². The largest absolute Gasteiger partial charge is 0.478 e. The molecule has 0 radical (unpaired) electrons. The third kappa shape index (κ3) is 2.79. The van der Waals surface area contributed by atoms with Crippen LogP contribution in [-0.4, -0.2) is 23.1 Å². The van der Waals surface area contributed by atoms with Crippen molar-refractivity contribution in [1.82, 2.24) is 0 Å². The number of thiophene rings is 1. The van der Waals surface area contributed by atoms with Gasteiger partial charge in [0.15, 0.2) is 0 Å². The average molecular weight is 228 g/mol. The van der Waals surface area contributed by atoms with Gasteiger partial charge in [-0.05, 0) is 26.8 Å². The van der Waals surface area contributed by atoms with Crippen molar-refractivity contribution in [2.45, 2.75) is 26.9 Å². The molecule has 1 rings (SSSR count). The van der Waals surface area contributed by atoms with Gasteiger partial charge in [-0.25, -0.2) is 9.59 Å². The normalized spacial score (nSPS) is 10.4. The Labute approximate surface area is 91.5 Å². The number of carboxylic acids is 1. The fraction of sp³-hybridized carbons (Fsp3) is 0.400. The maximum Gasteiger partial charge on any atom is 0.348 e. The molecule has 1 heterocycles. The van der Waals surface area contributed by atoms with Gasteiger partial charge >= 0.3 is 11.9 Å². The molecule has 0 amide bonds. The van der Waals surface area contributed by atoms with Crippen LogP contribution in [0.1, 0.15) is 38.8 Å². The Bertz CT molecular complexity index is 392. The van der Waals surface area contributed by atoms with E-state index in [9.17, 15) is 9.59 Å². The lowest BCUT2D eigenvalue weighted by Gasteiger charge is -2.05. The zero-order chi connectivity index (χ0) is 11.6. The molecule has 1 aromatic rings. The number of carbonyl (C=O) groups excluding carboxylic acids is 1. The monoisotopic (exact) mass is 228 g/mol. The Hall–Kier alpha value is -1.36. The van der Waals surface area contributed by atoms with Crippen LogP contribution < -0.4 is 0 Å². The molecule has 1 aromatic heterocycles. The smallest absolute Gasteiger partial charge is 0.348 e. The lowest BCUT2D eigenvalue weighted by molar-refractivity contribution is 0.0384. The van der Waals surface area contributed by atoms with Gasteiger partial charge in [0, 0.05) is 4.88 Å². The van der Waals surface area contributed by atoms with E-state index >= 15 is 0 Å². The first-order chi connectivity index (χ1) is 6.91. The summed E-state index contributed by atoms with van der Waals surface area (Å²) in [4.78, 5) is 23.1. The molecule has 0 aromatic carbocycles. The zero-order valence-electron chi connectivity index (χ0n) is 8.73. The Morgan fingerprint density at radius 3 is 2.47 bits per heavy atom. The van der Waals surface area contributed by atoms with Crippen LogP contribution >= 0.6 is 11.3 Å². The molecule has 82 valence electrons. The van der Waals surface area contributed by atoms with Gasteiger partial charge in [0.2, 0.25) is 0 Å². The summed E-state index contributed by atoms with van der Waals surface area (Å²) in [5.74, 6) is -1.49. The van der Waals surface area contributed by atoms with Gasteiger partial charge in [0.05, 0.1) is 11.7 Å². The van der Waals surface area contributed by atoms with Crippen molar-refractivity contribution in [3.05, 3.63) is 21.4 Å². The maximum absolute atomic E-state index is 11.4. The first kappa shape index (κ1) is 11.7. The molecule has 1 N–H and O–H groups in total. The number of ether oxygens (including phenoxy) is 1. The number of carboxylic acid groups (broad SMARTS) is 1. The van der Waals surface area contributed by atoms with E-state index in [1.807, 2.05) is 0 Å². The van der Waals surface area contributed by atoms with Crippen molar-refractivity contribution in [3.8, 4) is 0 Å². The first-order valence-corrected chi connectivity index (χ1v) is 5.28. The second-order valence-corrected chi connectivity index (χ2v) is 4.60. The van der Waals surface area contributed by atoms with Crippen molar-refractivity contribution in [2.24, 2.45) is 0 Å². The molecular formula is C10H12O4S. The highest BCUT2D eigenvalue weighted by atomic mass is 32.1. The summed E-state index contributed by atoms with van der Waals surface area (Å²) in [6.45, 7) is 5.16. The fourth-order valence-corrected chi connectivity index (χ4v) is 1.96. The van der Waals surface area contributed by atoms with Crippen LogP contribution in [0.4, 0.5) is 0 Å². The van der Waals surface area contributed by atoms with E-state index < -0.39 is 11.9 Å². The third-order valence-electron chi connectivity index (χ3n) is 1.69. The molecule has 0 fully saturated rings. The lowest BCUT2D eigenvalue weighted by Crippen LogP contribution is -2.10. The molecule has 0 aliphatic rings. The fourth-order valence-electron chi connectivity index (χ4n) is 1.07. The van der Waals surface area contributed by atoms with Gasteiger partial charge in [0.1, 0.15) is 4.88 Å². The van der Waals surface area contributed by atoms with Crippen molar-refractivity contribution >= 4 is 23.3 Å². The highest BCUT2D eigenvalue weighted by Gasteiger charge is 2.17. The highest BCUT2D eigenvalue weighted by molar-refractivity contribution is 7.14. The summed E-state index contributed by atoms with van der Waals surface area (Å²) in [7, 11) is 0. The van der Waals surface area contributed by atoms with Gasteiger partial charge < -0.3 is 9.84 Å². The topological polar surface area (TPSA) is 63.6 Å². The second kappa shape index (κ2) is 4.44. The first-order valence-electron chi connectivity index (χ1n) is 4.46.